The Morgan fingerprint density at radius 2 is 1.22 bits per heavy atom. The van der Waals surface area contributed by atoms with Gasteiger partial charge in [-0.25, -0.2) is 9.59 Å². The van der Waals surface area contributed by atoms with Crippen molar-refractivity contribution in [1.82, 2.24) is 0 Å². The fraction of sp³-hybridized carbons (Fsp3) is 0. The van der Waals surface area contributed by atoms with Gasteiger partial charge in [0.15, 0.2) is 0 Å². The van der Waals surface area contributed by atoms with Crippen molar-refractivity contribution in [2.75, 3.05) is 0 Å². The number of hydrogen-bond donors (Lipinski definition) is 2. The van der Waals surface area contributed by atoms with E-state index in [0.717, 1.165) is 0 Å². The summed E-state index contributed by atoms with van der Waals surface area (Å²) in [5, 5.41) is 15.5. The molecule has 0 aromatic heterocycles. The Morgan fingerprint density at radius 3 is 1.33 bits per heavy atom. The summed E-state index contributed by atoms with van der Waals surface area (Å²) in [5.74, 6) is -0.0511. The third-order valence-corrected chi connectivity index (χ3v) is 0.276. The summed E-state index contributed by atoms with van der Waals surface area (Å²) in [5.41, 5.74) is 0. The van der Waals surface area contributed by atoms with Gasteiger partial charge >= 0.3 is 11.9 Å². The molecule has 0 aromatic rings. The van der Waals surface area contributed by atoms with Crippen LogP contribution in [0.1, 0.15) is 0 Å². The molecule has 0 fully saturated rings. The lowest BCUT2D eigenvalue weighted by Crippen LogP contribution is -1.92. The molecule has 0 aliphatic rings. The average Bonchev–Trinajstić information content (AvgIpc) is 1.61. The number of carboxylic acid groups (broad SMARTS) is 2. The minimum atomic E-state index is -1.44. The fourth-order valence-electron chi connectivity index (χ4n) is 0.107. The summed E-state index contributed by atoms with van der Waals surface area (Å²) >= 11 is 0. The highest BCUT2D eigenvalue weighted by atomic mass is 16.4. The molecule has 0 aromatic carbocycles. The molecule has 0 spiro atoms. The van der Waals surface area contributed by atoms with Gasteiger partial charge < -0.3 is 15.7 Å². The van der Waals surface area contributed by atoms with Crippen LogP contribution in [0.5, 0.6) is 0 Å². The van der Waals surface area contributed by atoms with E-state index in [-0.39, 0.29) is 5.48 Å². The van der Waals surface area contributed by atoms with Gasteiger partial charge in [0, 0.05) is 11.8 Å². The highest BCUT2D eigenvalue weighted by molar-refractivity contribution is 5.96. The standard InChI is InChI=1S/C4H2O4.H2O/c5-3(6)1-2-4(7)8;/h(H,5,6)(H,7,8);1H2. The summed E-state index contributed by atoms with van der Waals surface area (Å²) in [6, 6.07) is 0. The molecule has 0 radical (unpaired) electrons. The summed E-state index contributed by atoms with van der Waals surface area (Å²) in [6.07, 6.45) is 0. The number of carboxylic acids is 2. The fourth-order valence-corrected chi connectivity index (χ4v) is 0.107. The molecule has 50 valence electrons. The largest absolute Gasteiger partial charge is 0.472 e. The summed E-state index contributed by atoms with van der Waals surface area (Å²) < 4.78 is 0. The molecule has 5 nitrogen and oxygen atoms in total. The van der Waals surface area contributed by atoms with E-state index in [9.17, 15) is 9.59 Å². The van der Waals surface area contributed by atoms with E-state index in [1.165, 1.54) is 11.8 Å². The zero-order valence-corrected chi connectivity index (χ0v) is 4.21. The molecule has 0 unspecified atom stereocenters. The van der Waals surface area contributed by atoms with Crippen molar-refractivity contribution < 1.29 is 25.3 Å². The third kappa shape index (κ3) is 10.7. The van der Waals surface area contributed by atoms with Crippen LogP contribution < -0.4 is 0 Å². The van der Waals surface area contributed by atoms with E-state index < -0.39 is 11.9 Å². The molecule has 5 heteroatoms. The highest BCUT2D eigenvalue weighted by Crippen LogP contribution is 1.57. The van der Waals surface area contributed by atoms with Gasteiger partial charge in [-0.2, -0.15) is 0 Å². The Balaban J connectivity index is 0. The number of carbonyl (C=O) groups is 2. The summed E-state index contributed by atoms with van der Waals surface area (Å²) in [4.78, 5) is 18.9. The molecule has 0 bridgehead atoms. The minimum absolute atomic E-state index is 0. The second kappa shape index (κ2) is 4.61. The van der Waals surface area contributed by atoms with Crippen molar-refractivity contribution in [2.24, 2.45) is 0 Å². The van der Waals surface area contributed by atoms with Crippen molar-refractivity contribution in [3.63, 3.8) is 0 Å². The lowest BCUT2D eigenvalue weighted by Gasteiger charge is -1.68. The van der Waals surface area contributed by atoms with Crippen LogP contribution in [0.4, 0.5) is 0 Å². The van der Waals surface area contributed by atoms with Crippen molar-refractivity contribution in [2.45, 2.75) is 0 Å². The van der Waals surface area contributed by atoms with Crippen LogP contribution in [0.2, 0.25) is 0 Å². The third-order valence-electron chi connectivity index (χ3n) is 0.276. The maximum Gasteiger partial charge on any atom is 0.382 e. The molecular weight excluding hydrogens is 128 g/mol. The molecule has 9 heavy (non-hydrogen) atoms. The Morgan fingerprint density at radius 1 is 1.00 bits per heavy atom. The first-order chi connectivity index (χ1) is 3.63. The van der Waals surface area contributed by atoms with Crippen LogP contribution in [0.15, 0.2) is 0 Å². The van der Waals surface area contributed by atoms with E-state index in [1.54, 1.807) is 0 Å². The number of hydrogen-bond acceptors (Lipinski definition) is 2. The van der Waals surface area contributed by atoms with Gasteiger partial charge in [0.05, 0.1) is 0 Å². The van der Waals surface area contributed by atoms with E-state index in [2.05, 4.69) is 0 Å². The zero-order chi connectivity index (χ0) is 6.57. The molecule has 0 amide bonds. The summed E-state index contributed by atoms with van der Waals surface area (Å²) in [6.45, 7) is 0. The van der Waals surface area contributed by atoms with E-state index in [4.69, 9.17) is 10.2 Å². The van der Waals surface area contributed by atoms with Crippen molar-refractivity contribution in [3.8, 4) is 11.8 Å². The Hall–Kier alpha value is -1.54. The Kier molecular flexibility index (Phi) is 5.35. The molecule has 0 rings (SSSR count). The monoisotopic (exact) mass is 132 g/mol. The van der Waals surface area contributed by atoms with Crippen molar-refractivity contribution in [1.29, 1.82) is 0 Å². The van der Waals surface area contributed by atoms with Crippen LogP contribution in [-0.4, -0.2) is 27.6 Å². The lowest BCUT2D eigenvalue weighted by molar-refractivity contribution is -0.132. The predicted molar refractivity (Wildman–Crippen MR) is 26.7 cm³/mol. The summed E-state index contributed by atoms with van der Waals surface area (Å²) in [7, 11) is 0. The highest BCUT2D eigenvalue weighted by Gasteiger charge is 1.86. The van der Waals surface area contributed by atoms with Crippen molar-refractivity contribution >= 4 is 11.9 Å². The number of aliphatic carboxylic acids is 2. The molecule has 0 saturated carbocycles. The van der Waals surface area contributed by atoms with Gasteiger partial charge in [-0.3, -0.25) is 0 Å². The van der Waals surface area contributed by atoms with Crippen LogP contribution >= 0.6 is 0 Å². The molecule has 0 atom stereocenters. The van der Waals surface area contributed by atoms with Gasteiger partial charge in [-0.1, -0.05) is 0 Å². The first-order valence-corrected chi connectivity index (χ1v) is 1.61. The Labute approximate surface area is 50.2 Å². The van der Waals surface area contributed by atoms with Crippen LogP contribution in [-0.2, 0) is 9.59 Å². The lowest BCUT2D eigenvalue weighted by atomic mass is 10.6. The molecule has 0 aliphatic heterocycles. The molecule has 0 saturated heterocycles. The van der Waals surface area contributed by atoms with Gasteiger partial charge in [0.1, 0.15) is 0 Å². The van der Waals surface area contributed by atoms with Crippen LogP contribution in [0, 0.1) is 11.8 Å². The SMILES string of the molecule is O.O=C(O)C#CC(=O)O. The zero-order valence-electron chi connectivity index (χ0n) is 4.21. The molecule has 0 aliphatic carbocycles. The van der Waals surface area contributed by atoms with Gasteiger partial charge in [-0.05, 0) is 0 Å². The van der Waals surface area contributed by atoms with Crippen molar-refractivity contribution in [3.05, 3.63) is 0 Å². The predicted octanol–water partition coefficient (Wildman–Crippen LogP) is -1.67. The van der Waals surface area contributed by atoms with E-state index in [1.807, 2.05) is 0 Å². The van der Waals surface area contributed by atoms with E-state index in [0.29, 0.717) is 0 Å². The first-order valence-electron chi connectivity index (χ1n) is 1.61. The second-order valence-electron chi connectivity index (χ2n) is 0.860. The maximum atomic E-state index is 9.47. The van der Waals surface area contributed by atoms with Crippen LogP contribution in [0.3, 0.4) is 0 Å². The topological polar surface area (TPSA) is 106 Å². The normalized spacial score (nSPS) is 5.78. The average molecular weight is 132 g/mol. The quantitative estimate of drug-likeness (QED) is 0.384. The van der Waals surface area contributed by atoms with Crippen LogP contribution in [0.25, 0.3) is 0 Å². The smallest absolute Gasteiger partial charge is 0.382 e. The van der Waals surface area contributed by atoms with Gasteiger partial charge in [0.2, 0.25) is 0 Å². The Bertz CT molecular complexity index is 153. The molecule has 0 heterocycles. The maximum absolute atomic E-state index is 9.47. The number of rotatable bonds is 0. The minimum Gasteiger partial charge on any atom is -0.472 e. The van der Waals surface area contributed by atoms with Gasteiger partial charge in [0.25, 0.3) is 0 Å². The van der Waals surface area contributed by atoms with Gasteiger partial charge in [-0.15, -0.1) is 0 Å². The second-order valence-corrected chi connectivity index (χ2v) is 0.860. The molecule has 4 N–H and O–H groups in total. The first kappa shape index (κ1) is 10.4. The molecular formula is C4H4O5. The van der Waals surface area contributed by atoms with E-state index >= 15 is 0 Å².